The third-order valence-electron chi connectivity index (χ3n) is 2.23. The maximum absolute atomic E-state index is 11.8. The molecule has 1 aromatic heterocycles. The van der Waals surface area contributed by atoms with Crippen molar-refractivity contribution in [2.75, 3.05) is 0 Å². The Bertz CT molecular complexity index is 427. The molecule has 0 atom stereocenters. The fourth-order valence-electron chi connectivity index (χ4n) is 1.30. The zero-order chi connectivity index (χ0) is 12.7. The third-order valence-corrected chi connectivity index (χ3v) is 2.23. The summed E-state index contributed by atoms with van der Waals surface area (Å²) in [7, 11) is 0. The van der Waals surface area contributed by atoms with Gasteiger partial charge in [-0.2, -0.15) is 0 Å². The Morgan fingerprint density at radius 1 is 1.41 bits per heavy atom. The van der Waals surface area contributed by atoms with E-state index < -0.39 is 17.3 Å². The number of hydrogen-bond acceptors (Lipinski definition) is 5. The van der Waals surface area contributed by atoms with Gasteiger partial charge in [0.05, 0.1) is 0 Å². The standard InChI is InChI=1S/C12H14N2O3/c1-2-3-7-10(15)11(14-17)12(16)9-6-4-5-8-13-9/h4-6,8,17H,2-3,7H2,1H3. The number of pyridine rings is 1. The van der Waals surface area contributed by atoms with Crippen LogP contribution in [0.5, 0.6) is 0 Å². The van der Waals surface area contributed by atoms with Crippen LogP contribution in [0, 0.1) is 0 Å². The van der Waals surface area contributed by atoms with Gasteiger partial charge in [0.1, 0.15) is 5.69 Å². The van der Waals surface area contributed by atoms with E-state index in [1.807, 2.05) is 6.92 Å². The molecule has 0 aliphatic heterocycles. The zero-order valence-corrected chi connectivity index (χ0v) is 9.59. The second kappa shape index (κ2) is 6.52. The first kappa shape index (κ1) is 13.0. The van der Waals surface area contributed by atoms with Crippen molar-refractivity contribution in [2.24, 2.45) is 5.16 Å². The molecule has 0 bridgehead atoms. The van der Waals surface area contributed by atoms with E-state index in [-0.39, 0.29) is 12.1 Å². The summed E-state index contributed by atoms with van der Waals surface area (Å²) < 4.78 is 0. The molecule has 0 radical (unpaired) electrons. The Morgan fingerprint density at radius 3 is 2.71 bits per heavy atom. The maximum Gasteiger partial charge on any atom is 0.236 e. The van der Waals surface area contributed by atoms with Crippen molar-refractivity contribution in [3.05, 3.63) is 30.1 Å². The van der Waals surface area contributed by atoms with E-state index >= 15 is 0 Å². The first-order valence-electron chi connectivity index (χ1n) is 5.41. The predicted molar refractivity (Wildman–Crippen MR) is 62.3 cm³/mol. The fraction of sp³-hybridized carbons (Fsp3) is 0.333. The molecule has 0 saturated carbocycles. The first-order valence-corrected chi connectivity index (χ1v) is 5.41. The lowest BCUT2D eigenvalue weighted by atomic mass is 10.0. The van der Waals surface area contributed by atoms with Gasteiger partial charge >= 0.3 is 0 Å². The van der Waals surface area contributed by atoms with E-state index in [2.05, 4.69) is 10.1 Å². The Labute approximate surface area is 99.2 Å². The number of oxime groups is 1. The number of unbranched alkanes of at least 4 members (excludes halogenated alkanes) is 1. The van der Waals surface area contributed by atoms with Gasteiger partial charge < -0.3 is 5.21 Å². The molecule has 17 heavy (non-hydrogen) atoms. The van der Waals surface area contributed by atoms with Crippen LogP contribution in [0.3, 0.4) is 0 Å². The SMILES string of the molecule is CCCCC(=O)C(=NO)C(=O)c1ccccn1. The van der Waals surface area contributed by atoms with E-state index in [4.69, 9.17) is 5.21 Å². The largest absolute Gasteiger partial charge is 0.410 e. The Hall–Kier alpha value is -2.04. The normalized spacial score (nSPS) is 11.2. The molecular formula is C12H14N2O3. The van der Waals surface area contributed by atoms with Crippen LogP contribution >= 0.6 is 0 Å². The molecule has 0 aliphatic rings. The Kier molecular flexibility index (Phi) is 5.00. The molecule has 1 N–H and O–H groups in total. The molecule has 90 valence electrons. The summed E-state index contributed by atoms with van der Waals surface area (Å²) in [6, 6.07) is 4.76. The van der Waals surface area contributed by atoms with Crippen molar-refractivity contribution in [1.29, 1.82) is 0 Å². The molecule has 1 heterocycles. The van der Waals surface area contributed by atoms with Crippen LogP contribution in [0.25, 0.3) is 0 Å². The summed E-state index contributed by atoms with van der Waals surface area (Å²) in [4.78, 5) is 27.2. The fourth-order valence-corrected chi connectivity index (χ4v) is 1.30. The topological polar surface area (TPSA) is 79.6 Å². The van der Waals surface area contributed by atoms with Gasteiger partial charge in [0.2, 0.25) is 5.78 Å². The minimum Gasteiger partial charge on any atom is -0.410 e. The number of nitrogens with zero attached hydrogens (tertiary/aromatic N) is 2. The van der Waals surface area contributed by atoms with E-state index in [0.717, 1.165) is 6.42 Å². The molecule has 0 fully saturated rings. The molecule has 1 aromatic rings. The van der Waals surface area contributed by atoms with E-state index in [1.54, 1.807) is 12.1 Å². The van der Waals surface area contributed by atoms with E-state index in [1.165, 1.54) is 12.3 Å². The average molecular weight is 234 g/mol. The van der Waals surface area contributed by atoms with Crippen LogP contribution in [-0.2, 0) is 4.79 Å². The number of ketones is 2. The second-order valence-corrected chi connectivity index (χ2v) is 3.52. The van der Waals surface area contributed by atoms with Crippen LogP contribution in [-0.4, -0.2) is 27.5 Å². The highest BCUT2D eigenvalue weighted by Gasteiger charge is 2.22. The van der Waals surface area contributed by atoms with E-state index in [9.17, 15) is 9.59 Å². The summed E-state index contributed by atoms with van der Waals surface area (Å²) in [6.45, 7) is 1.93. The van der Waals surface area contributed by atoms with Gasteiger partial charge in [-0.15, -0.1) is 0 Å². The quantitative estimate of drug-likeness (QED) is 0.268. The minimum atomic E-state index is -0.644. The van der Waals surface area contributed by atoms with E-state index in [0.29, 0.717) is 6.42 Å². The van der Waals surface area contributed by atoms with Crippen LogP contribution in [0.15, 0.2) is 29.6 Å². The lowest BCUT2D eigenvalue weighted by Gasteiger charge is -2.01. The predicted octanol–water partition coefficient (Wildman–Crippen LogP) is 1.85. The summed E-state index contributed by atoms with van der Waals surface area (Å²) >= 11 is 0. The molecule has 0 spiro atoms. The van der Waals surface area contributed by atoms with Gasteiger partial charge in [0.25, 0.3) is 0 Å². The zero-order valence-electron chi connectivity index (χ0n) is 9.59. The first-order chi connectivity index (χ1) is 8.20. The molecule has 1 rings (SSSR count). The van der Waals surface area contributed by atoms with Crippen molar-refractivity contribution < 1.29 is 14.8 Å². The third kappa shape index (κ3) is 3.48. The van der Waals surface area contributed by atoms with Gasteiger partial charge in [0, 0.05) is 12.6 Å². The molecule has 0 aromatic carbocycles. The monoisotopic (exact) mass is 234 g/mol. The molecule has 0 aliphatic carbocycles. The highest BCUT2D eigenvalue weighted by molar-refractivity contribution is 6.68. The summed E-state index contributed by atoms with van der Waals surface area (Å²) in [5.74, 6) is -1.10. The number of rotatable bonds is 6. The molecule has 5 heteroatoms. The minimum absolute atomic E-state index is 0.102. The number of carbonyl (C=O) groups is 2. The highest BCUT2D eigenvalue weighted by atomic mass is 16.4. The number of aromatic nitrogens is 1. The van der Waals surface area contributed by atoms with Crippen LogP contribution in [0.1, 0.15) is 36.7 Å². The highest BCUT2D eigenvalue weighted by Crippen LogP contribution is 2.03. The summed E-state index contributed by atoms with van der Waals surface area (Å²) in [5, 5.41) is 11.5. The van der Waals surface area contributed by atoms with Crippen molar-refractivity contribution >= 4 is 17.3 Å². The maximum atomic E-state index is 11.8. The summed E-state index contributed by atoms with van der Waals surface area (Å²) in [6.07, 6.45) is 3.14. The van der Waals surface area contributed by atoms with Gasteiger partial charge in [-0.05, 0) is 18.6 Å². The number of hydrogen-bond donors (Lipinski definition) is 1. The van der Waals surface area contributed by atoms with Gasteiger partial charge in [-0.1, -0.05) is 24.6 Å². The van der Waals surface area contributed by atoms with Crippen LogP contribution < -0.4 is 0 Å². The summed E-state index contributed by atoms with van der Waals surface area (Å²) in [5.41, 5.74) is -0.345. The van der Waals surface area contributed by atoms with Gasteiger partial charge in [0.15, 0.2) is 11.5 Å². The lowest BCUT2D eigenvalue weighted by Crippen LogP contribution is -2.25. The molecule has 0 unspecified atom stereocenters. The van der Waals surface area contributed by atoms with Crippen molar-refractivity contribution in [3.63, 3.8) is 0 Å². The Balaban J connectivity index is 2.83. The lowest BCUT2D eigenvalue weighted by molar-refractivity contribution is -0.113. The molecule has 5 nitrogen and oxygen atoms in total. The molecular weight excluding hydrogens is 220 g/mol. The number of carbonyl (C=O) groups excluding carboxylic acids is 2. The van der Waals surface area contributed by atoms with Crippen molar-refractivity contribution in [1.82, 2.24) is 4.98 Å². The smallest absolute Gasteiger partial charge is 0.236 e. The van der Waals surface area contributed by atoms with Gasteiger partial charge in [-0.3, -0.25) is 14.6 Å². The van der Waals surface area contributed by atoms with Crippen molar-refractivity contribution in [2.45, 2.75) is 26.2 Å². The Morgan fingerprint density at radius 2 is 2.18 bits per heavy atom. The van der Waals surface area contributed by atoms with Crippen molar-refractivity contribution in [3.8, 4) is 0 Å². The molecule has 0 saturated heterocycles. The van der Waals surface area contributed by atoms with Crippen LogP contribution in [0.2, 0.25) is 0 Å². The average Bonchev–Trinajstić information content (AvgIpc) is 2.38. The second-order valence-electron chi connectivity index (χ2n) is 3.52. The molecule has 0 amide bonds. The van der Waals surface area contributed by atoms with Crippen LogP contribution in [0.4, 0.5) is 0 Å². The van der Waals surface area contributed by atoms with Gasteiger partial charge in [-0.25, -0.2) is 0 Å². The number of Topliss-reactive ketones (excluding diaryl/α,β-unsaturated/α-hetero) is 2.